The van der Waals surface area contributed by atoms with Gasteiger partial charge in [0.05, 0.1) is 7.11 Å². The van der Waals surface area contributed by atoms with E-state index in [0.29, 0.717) is 12.1 Å². The molecule has 2 aliphatic rings. The van der Waals surface area contributed by atoms with E-state index in [1.807, 2.05) is 18.2 Å². The Balaban J connectivity index is 1.54. The van der Waals surface area contributed by atoms with Crippen LogP contribution in [-0.2, 0) is 15.4 Å². The van der Waals surface area contributed by atoms with Gasteiger partial charge >= 0.3 is 0 Å². The molecule has 2 saturated carbocycles. The van der Waals surface area contributed by atoms with Gasteiger partial charge in [-0.3, -0.25) is 4.79 Å². The quantitative estimate of drug-likeness (QED) is 0.675. The highest BCUT2D eigenvalue weighted by atomic mass is 32.2. The molecule has 30 heavy (non-hydrogen) atoms. The van der Waals surface area contributed by atoms with Gasteiger partial charge in [0.2, 0.25) is 10.0 Å². The molecule has 6 nitrogen and oxygen atoms in total. The maximum absolute atomic E-state index is 12.9. The maximum atomic E-state index is 12.9. The molecule has 2 aromatic rings. The van der Waals surface area contributed by atoms with Crippen LogP contribution in [-0.4, -0.2) is 34.0 Å². The Bertz CT molecular complexity index is 1010. The van der Waals surface area contributed by atoms with Crippen LogP contribution in [0, 0.1) is 0 Å². The molecule has 0 radical (unpaired) electrons. The molecule has 0 atom stereocenters. The van der Waals surface area contributed by atoms with E-state index in [0.717, 1.165) is 38.5 Å². The van der Waals surface area contributed by atoms with Gasteiger partial charge < -0.3 is 10.1 Å². The Morgan fingerprint density at radius 3 is 2.43 bits per heavy atom. The van der Waals surface area contributed by atoms with E-state index >= 15 is 0 Å². The van der Waals surface area contributed by atoms with E-state index in [-0.39, 0.29) is 28.0 Å². The monoisotopic (exact) mass is 428 g/mol. The highest BCUT2D eigenvalue weighted by Gasteiger charge is 2.36. The van der Waals surface area contributed by atoms with Crippen molar-refractivity contribution in [1.82, 2.24) is 10.0 Å². The second kappa shape index (κ2) is 8.40. The minimum absolute atomic E-state index is 0.00295. The maximum Gasteiger partial charge on any atom is 0.251 e. The molecule has 0 spiro atoms. The summed E-state index contributed by atoms with van der Waals surface area (Å²) in [7, 11) is -2.31. The first kappa shape index (κ1) is 20.9. The number of sulfonamides is 1. The van der Waals surface area contributed by atoms with Gasteiger partial charge in [0.25, 0.3) is 5.91 Å². The Hall–Kier alpha value is -2.38. The second-order valence-corrected chi connectivity index (χ2v) is 9.98. The van der Waals surface area contributed by atoms with Gasteiger partial charge in [-0.1, -0.05) is 43.2 Å². The van der Waals surface area contributed by atoms with Crippen molar-refractivity contribution in [3.63, 3.8) is 0 Å². The fourth-order valence-corrected chi connectivity index (χ4v) is 5.77. The molecule has 0 saturated heterocycles. The Labute approximate surface area is 178 Å². The highest BCUT2D eigenvalue weighted by Crippen LogP contribution is 2.40. The van der Waals surface area contributed by atoms with Crippen molar-refractivity contribution in [3.8, 4) is 5.75 Å². The first-order chi connectivity index (χ1) is 14.4. The summed E-state index contributed by atoms with van der Waals surface area (Å²) >= 11 is 0. The normalized spacial score (nSPS) is 18.2. The van der Waals surface area contributed by atoms with E-state index < -0.39 is 10.0 Å². The molecule has 2 aromatic carbocycles. The van der Waals surface area contributed by atoms with Gasteiger partial charge in [-0.25, -0.2) is 13.1 Å². The van der Waals surface area contributed by atoms with E-state index in [4.69, 9.17) is 4.74 Å². The number of ether oxygens (including phenoxy) is 1. The zero-order chi connectivity index (χ0) is 21.2. The molecule has 0 aromatic heterocycles. The van der Waals surface area contributed by atoms with Crippen LogP contribution in [0.4, 0.5) is 0 Å². The molecule has 7 heteroatoms. The van der Waals surface area contributed by atoms with Crippen molar-refractivity contribution in [2.24, 2.45) is 0 Å². The summed E-state index contributed by atoms with van der Waals surface area (Å²) in [5.41, 5.74) is 1.49. The number of nitrogens with one attached hydrogen (secondary N) is 2. The summed E-state index contributed by atoms with van der Waals surface area (Å²) < 4.78 is 33.3. The van der Waals surface area contributed by atoms with E-state index in [2.05, 4.69) is 22.2 Å². The fraction of sp³-hybridized carbons (Fsp3) is 0.435. The lowest BCUT2D eigenvalue weighted by Gasteiger charge is -2.30. The fourth-order valence-electron chi connectivity index (χ4n) is 4.27. The lowest BCUT2D eigenvalue weighted by Crippen LogP contribution is -2.39. The Kier molecular flexibility index (Phi) is 5.84. The summed E-state index contributed by atoms with van der Waals surface area (Å²) in [6.07, 6.45) is 6.02. The predicted molar refractivity (Wildman–Crippen MR) is 115 cm³/mol. The van der Waals surface area contributed by atoms with Gasteiger partial charge in [-0.15, -0.1) is 0 Å². The summed E-state index contributed by atoms with van der Waals surface area (Å²) in [6.45, 7) is 0.532. The molecule has 1 amide bonds. The lowest BCUT2D eigenvalue weighted by atomic mass is 9.79. The van der Waals surface area contributed by atoms with Gasteiger partial charge in [0, 0.05) is 23.6 Å². The van der Waals surface area contributed by atoms with Gasteiger partial charge in [0.1, 0.15) is 10.6 Å². The van der Waals surface area contributed by atoms with Crippen LogP contribution in [0.5, 0.6) is 5.75 Å². The first-order valence-electron chi connectivity index (χ1n) is 10.5. The molecule has 2 aliphatic carbocycles. The second-order valence-electron chi connectivity index (χ2n) is 8.30. The number of carbonyl (C=O) groups excluding carboxylic acids is 1. The molecular weight excluding hydrogens is 400 g/mol. The molecular formula is C23H28N2O4S. The molecule has 0 bridgehead atoms. The Morgan fingerprint density at radius 2 is 1.80 bits per heavy atom. The molecule has 0 aliphatic heterocycles. The minimum atomic E-state index is -3.74. The van der Waals surface area contributed by atoms with Crippen LogP contribution >= 0.6 is 0 Å². The van der Waals surface area contributed by atoms with Crippen molar-refractivity contribution >= 4 is 15.9 Å². The molecule has 0 heterocycles. The van der Waals surface area contributed by atoms with Crippen molar-refractivity contribution in [2.45, 2.75) is 54.9 Å². The van der Waals surface area contributed by atoms with E-state index in [1.54, 1.807) is 12.1 Å². The topological polar surface area (TPSA) is 84.5 Å². The first-order valence-corrected chi connectivity index (χ1v) is 12.0. The SMILES string of the molecule is COc1ccc(C(=O)NCC2(c3ccccc3)CCCC2)cc1S(=O)(=O)NC1CC1. The number of hydrogen-bond donors (Lipinski definition) is 2. The summed E-state index contributed by atoms with van der Waals surface area (Å²) in [5.74, 6) is -0.0426. The van der Waals surface area contributed by atoms with Crippen LogP contribution in [0.15, 0.2) is 53.4 Å². The minimum Gasteiger partial charge on any atom is -0.495 e. The van der Waals surface area contributed by atoms with Crippen LogP contribution in [0.25, 0.3) is 0 Å². The average molecular weight is 429 g/mol. The molecule has 2 fully saturated rings. The number of methoxy groups -OCH3 is 1. The van der Waals surface area contributed by atoms with E-state index in [9.17, 15) is 13.2 Å². The zero-order valence-corrected chi connectivity index (χ0v) is 18.0. The van der Waals surface area contributed by atoms with Gasteiger partial charge in [-0.2, -0.15) is 0 Å². The number of benzene rings is 2. The van der Waals surface area contributed by atoms with Crippen molar-refractivity contribution in [3.05, 3.63) is 59.7 Å². The third-order valence-electron chi connectivity index (χ3n) is 6.15. The number of amides is 1. The summed E-state index contributed by atoms with van der Waals surface area (Å²) in [5, 5.41) is 3.05. The van der Waals surface area contributed by atoms with Crippen LogP contribution in [0.1, 0.15) is 54.4 Å². The zero-order valence-electron chi connectivity index (χ0n) is 17.2. The van der Waals surface area contributed by atoms with Crippen molar-refractivity contribution in [2.75, 3.05) is 13.7 Å². The predicted octanol–water partition coefficient (Wildman–Crippen LogP) is 3.38. The average Bonchev–Trinajstić information content (AvgIpc) is 3.43. The van der Waals surface area contributed by atoms with Crippen LogP contribution < -0.4 is 14.8 Å². The van der Waals surface area contributed by atoms with E-state index in [1.165, 1.54) is 18.7 Å². The van der Waals surface area contributed by atoms with Crippen molar-refractivity contribution in [1.29, 1.82) is 0 Å². The van der Waals surface area contributed by atoms with Crippen LogP contribution in [0.3, 0.4) is 0 Å². The number of carbonyl (C=O) groups is 1. The van der Waals surface area contributed by atoms with Crippen LogP contribution in [0.2, 0.25) is 0 Å². The number of rotatable bonds is 8. The summed E-state index contributed by atoms with van der Waals surface area (Å²) in [6, 6.07) is 14.8. The van der Waals surface area contributed by atoms with Gasteiger partial charge in [-0.05, 0) is 49.4 Å². The highest BCUT2D eigenvalue weighted by molar-refractivity contribution is 7.89. The number of hydrogen-bond acceptors (Lipinski definition) is 4. The molecule has 4 rings (SSSR count). The standard InChI is InChI=1S/C23H28N2O4S/c1-29-20-12-9-17(15-21(20)30(27,28)25-19-10-11-19)22(26)24-16-23(13-5-6-14-23)18-7-3-2-4-8-18/h2-4,7-9,12,15,19,25H,5-6,10-11,13-14,16H2,1H3,(H,24,26). The largest absolute Gasteiger partial charge is 0.495 e. The smallest absolute Gasteiger partial charge is 0.251 e. The van der Waals surface area contributed by atoms with Crippen molar-refractivity contribution < 1.29 is 17.9 Å². The third kappa shape index (κ3) is 4.37. The molecule has 0 unspecified atom stereocenters. The molecule has 2 N–H and O–H groups in total. The lowest BCUT2D eigenvalue weighted by molar-refractivity contribution is 0.0943. The third-order valence-corrected chi connectivity index (χ3v) is 7.69. The summed E-state index contributed by atoms with van der Waals surface area (Å²) in [4.78, 5) is 12.9. The molecule has 160 valence electrons. The van der Waals surface area contributed by atoms with Gasteiger partial charge in [0.15, 0.2) is 0 Å². The Morgan fingerprint density at radius 1 is 1.10 bits per heavy atom.